The van der Waals surface area contributed by atoms with Crippen molar-refractivity contribution in [3.05, 3.63) is 54.6 Å². The van der Waals surface area contributed by atoms with Gasteiger partial charge in [-0.15, -0.1) is 0 Å². The molecular formula is C12H12N2O. The smallest absolute Gasteiger partial charge is 0.0885 e. The van der Waals surface area contributed by atoms with Crippen LogP contribution in [-0.2, 0) is 4.74 Å². The van der Waals surface area contributed by atoms with Gasteiger partial charge in [0, 0.05) is 12.3 Å². The lowest BCUT2D eigenvalue weighted by atomic mass is 10.3. The maximum Gasteiger partial charge on any atom is 0.0885 e. The van der Waals surface area contributed by atoms with Crippen LogP contribution in [0.5, 0.6) is 0 Å². The van der Waals surface area contributed by atoms with Gasteiger partial charge in [-0.1, -0.05) is 18.2 Å². The van der Waals surface area contributed by atoms with Crippen molar-refractivity contribution < 1.29 is 4.74 Å². The third-order valence-electron chi connectivity index (χ3n) is 2.01. The number of ether oxygens (including phenoxy) is 1. The molecule has 1 aromatic carbocycles. The van der Waals surface area contributed by atoms with E-state index in [1.807, 2.05) is 53.4 Å². The fourth-order valence-corrected chi connectivity index (χ4v) is 1.29. The molecule has 0 atom stereocenters. The van der Waals surface area contributed by atoms with Gasteiger partial charge in [0.1, 0.15) is 0 Å². The van der Waals surface area contributed by atoms with E-state index in [1.165, 1.54) is 0 Å². The molecule has 0 fully saturated rings. The highest BCUT2D eigenvalue weighted by atomic mass is 16.5. The number of nitrogens with zero attached hydrogens (tertiary/aromatic N) is 2. The van der Waals surface area contributed by atoms with Crippen LogP contribution in [0.15, 0.2) is 48.9 Å². The molecule has 2 rings (SSSR count). The second-order valence-electron chi connectivity index (χ2n) is 3.06. The lowest BCUT2D eigenvalue weighted by Crippen LogP contribution is -1.93. The molecule has 1 heterocycles. The Morgan fingerprint density at radius 2 is 2.00 bits per heavy atom. The van der Waals surface area contributed by atoms with Gasteiger partial charge in [0.2, 0.25) is 0 Å². The summed E-state index contributed by atoms with van der Waals surface area (Å²) in [5.74, 6) is 0. The summed E-state index contributed by atoms with van der Waals surface area (Å²) >= 11 is 0. The molecule has 0 aliphatic rings. The number of benzene rings is 1. The predicted molar refractivity (Wildman–Crippen MR) is 59.6 cm³/mol. The SMILES string of the molecule is COC=Cc1ccn(-c2ccccc2)n1. The highest BCUT2D eigenvalue weighted by Crippen LogP contribution is 2.07. The molecule has 3 heteroatoms. The first-order valence-electron chi connectivity index (χ1n) is 4.70. The van der Waals surface area contributed by atoms with Gasteiger partial charge >= 0.3 is 0 Å². The average Bonchev–Trinajstić information content (AvgIpc) is 2.76. The van der Waals surface area contributed by atoms with E-state index in [9.17, 15) is 0 Å². The molecule has 0 radical (unpaired) electrons. The minimum Gasteiger partial charge on any atom is -0.504 e. The summed E-state index contributed by atoms with van der Waals surface area (Å²) in [5, 5.41) is 4.37. The third-order valence-corrected chi connectivity index (χ3v) is 2.01. The lowest BCUT2D eigenvalue weighted by Gasteiger charge is -1.98. The van der Waals surface area contributed by atoms with Crippen LogP contribution in [0.25, 0.3) is 11.8 Å². The molecule has 0 saturated heterocycles. The standard InChI is InChI=1S/C12H12N2O/c1-15-10-8-11-7-9-14(13-11)12-5-3-2-4-6-12/h2-10H,1H3. The molecule has 15 heavy (non-hydrogen) atoms. The number of para-hydroxylation sites is 1. The van der Waals surface area contributed by atoms with Crippen LogP contribution in [0.1, 0.15) is 5.69 Å². The van der Waals surface area contributed by atoms with Crippen LogP contribution < -0.4 is 0 Å². The Balaban J connectivity index is 2.24. The highest BCUT2D eigenvalue weighted by molar-refractivity contribution is 5.43. The molecule has 2 aromatic rings. The first-order valence-corrected chi connectivity index (χ1v) is 4.70. The van der Waals surface area contributed by atoms with Crippen molar-refractivity contribution in [1.82, 2.24) is 9.78 Å². The molecule has 0 saturated carbocycles. The highest BCUT2D eigenvalue weighted by Gasteiger charge is 1.96. The monoisotopic (exact) mass is 200 g/mol. The fourth-order valence-electron chi connectivity index (χ4n) is 1.29. The van der Waals surface area contributed by atoms with E-state index in [0.29, 0.717) is 0 Å². The van der Waals surface area contributed by atoms with Gasteiger partial charge in [0.25, 0.3) is 0 Å². The van der Waals surface area contributed by atoms with Crippen LogP contribution in [0.2, 0.25) is 0 Å². The van der Waals surface area contributed by atoms with Crippen molar-refractivity contribution >= 4 is 6.08 Å². The summed E-state index contributed by atoms with van der Waals surface area (Å²) in [6.45, 7) is 0. The minimum absolute atomic E-state index is 0.876. The first-order chi connectivity index (χ1) is 7.40. The first kappa shape index (κ1) is 9.52. The Bertz CT molecular complexity index is 446. The van der Waals surface area contributed by atoms with E-state index in [2.05, 4.69) is 5.10 Å². The van der Waals surface area contributed by atoms with Gasteiger partial charge in [-0.05, 0) is 18.2 Å². The Kier molecular flexibility index (Phi) is 2.83. The zero-order valence-electron chi connectivity index (χ0n) is 8.50. The maximum atomic E-state index is 4.83. The van der Waals surface area contributed by atoms with Crippen molar-refractivity contribution in [2.45, 2.75) is 0 Å². The van der Waals surface area contributed by atoms with Gasteiger partial charge in [0.05, 0.1) is 24.8 Å². The summed E-state index contributed by atoms with van der Waals surface area (Å²) in [6, 6.07) is 11.9. The van der Waals surface area contributed by atoms with Crippen LogP contribution in [-0.4, -0.2) is 16.9 Å². The number of methoxy groups -OCH3 is 1. The van der Waals surface area contributed by atoms with Crippen LogP contribution >= 0.6 is 0 Å². The van der Waals surface area contributed by atoms with Gasteiger partial charge in [-0.25, -0.2) is 4.68 Å². The molecule has 3 nitrogen and oxygen atoms in total. The molecule has 0 spiro atoms. The molecule has 0 N–H and O–H groups in total. The Morgan fingerprint density at radius 1 is 1.20 bits per heavy atom. The van der Waals surface area contributed by atoms with Gasteiger partial charge < -0.3 is 4.74 Å². The normalized spacial score (nSPS) is 10.7. The average molecular weight is 200 g/mol. The zero-order valence-corrected chi connectivity index (χ0v) is 8.50. The maximum absolute atomic E-state index is 4.83. The Morgan fingerprint density at radius 3 is 2.73 bits per heavy atom. The predicted octanol–water partition coefficient (Wildman–Crippen LogP) is 2.49. The van der Waals surface area contributed by atoms with Crippen molar-refractivity contribution in [1.29, 1.82) is 0 Å². The second-order valence-corrected chi connectivity index (χ2v) is 3.06. The van der Waals surface area contributed by atoms with Crippen LogP contribution in [0, 0.1) is 0 Å². The summed E-state index contributed by atoms with van der Waals surface area (Å²) < 4.78 is 6.66. The Hall–Kier alpha value is -2.03. The van der Waals surface area contributed by atoms with Crippen LogP contribution in [0.3, 0.4) is 0 Å². The van der Waals surface area contributed by atoms with Crippen molar-refractivity contribution in [2.24, 2.45) is 0 Å². The Labute approximate surface area is 88.6 Å². The van der Waals surface area contributed by atoms with E-state index in [0.717, 1.165) is 11.4 Å². The fraction of sp³-hybridized carbons (Fsp3) is 0.0833. The molecular weight excluding hydrogens is 188 g/mol. The van der Waals surface area contributed by atoms with Crippen molar-refractivity contribution in [2.75, 3.05) is 7.11 Å². The lowest BCUT2D eigenvalue weighted by molar-refractivity contribution is 0.341. The summed E-state index contributed by atoms with van der Waals surface area (Å²) in [5.41, 5.74) is 1.93. The quantitative estimate of drug-likeness (QED) is 0.712. The number of hydrogen-bond acceptors (Lipinski definition) is 2. The molecule has 76 valence electrons. The van der Waals surface area contributed by atoms with Gasteiger partial charge in [-0.2, -0.15) is 5.10 Å². The molecule has 0 aliphatic carbocycles. The van der Waals surface area contributed by atoms with E-state index in [-0.39, 0.29) is 0 Å². The van der Waals surface area contributed by atoms with Crippen molar-refractivity contribution in [3.63, 3.8) is 0 Å². The molecule has 0 unspecified atom stereocenters. The van der Waals surface area contributed by atoms with Crippen LogP contribution in [0.4, 0.5) is 0 Å². The topological polar surface area (TPSA) is 27.1 Å². The minimum atomic E-state index is 0.876. The molecule has 0 aliphatic heterocycles. The summed E-state index contributed by atoms with van der Waals surface area (Å²) in [4.78, 5) is 0. The summed E-state index contributed by atoms with van der Waals surface area (Å²) in [7, 11) is 1.62. The summed E-state index contributed by atoms with van der Waals surface area (Å²) in [6.07, 6.45) is 5.35. The third kappa shape index (κ3) is 2.26. The number of aromatic nitrogens is 2. The second kappa shape index (κ2) is 4.46. The zero-order chi connectivity index (χ0) is 10.5. The van der Waals surface area contributed by atoms with E-state index >= 15 is 0 Å². The number of hydrogen-bond donors (Lipinski definition) is 0. The van der Waals surface area contributed by atoms with Gasteiger partial charge in [-0.3, -0.25) is 0 Å². The van der Waals surface area contributed by atoms with Crippen molar-refractivity contribution in [3.8, 4) is 5.69 Å². The van der Waals surface area contributed by atoms with E-state index in [1.54, 1.807) is 13.4 Å². The van der Waals surface area contributed by atoms with Gasteiger partial charge in [0.15, 0.2) is 0 Å². The number of rotatable bonds is 3. The molecule has 0 amide bonds. The van der Waals surface area contributed by atoms with E-state index < -0.39 is 0 Å². The largest absolute Gasteiger partial charge is 0.504 e. The van der Waals surface area contributed by atoms with E-state index in [4.69, 9.17) is 4.74 Å². The molecule has 1 aromatic heterocycles. The molecule has 0 bridgehead atoms.